The van der Waals surface area contributed by atoms with Gasteiger partial charge in [0, 0.05) is 50.9 Å². The van der Waals surface area contributed by atoms with Crippen LogP contribution in [0.2, 0.25) is 0 Å². The standard InChI is InChI=1S/C18H25N3O4/c1-24-17(22)16-12-21(18(23)25-2)11-15(16)13-3-5-14(6-4-13)20-9-7-19-8-10-20/h3-6,15-16,19H,7-12H2,1-2H3/t15-,16-/m1/s1. The van der Waals surface area contributed by atoms with Gasteiger partial charge in [0.05, 0.1) is 20.1 Å². The molecule has 0 aromatic heterocycles. The molecule has 1 aromatic rings. The normalized spacial score (nSPS) is 23.4. The Labute approximate surface area is 147 Å². The molecule has 2 saturated heterocycles. The largest absolute Gasteiger partial charge is 0.469 e. The Morgan fingerprint density at radius 3 is 2.32 bits per heavy atom. The van der Waals surface area contributed by atoms with Gasteiger partial charge >= 0.3 is 12.1 Å². The zero-order chi connectivity index (χ0) is 17.8. The van der Waals surface area contributed by atoms with Gasteiger partial charge in [0.25, 0.3) is 0 Å². The highest BCUT2D eigenvalue weighted by Crippen LogP contribution is 2.34. The maximum Gasteiger partial charge on any atom is 0.409 e. The quantitative estimate of drug-likeness (QED) is 0.824. The SMILES string of the molecule is COC(=O)[C@@H]1CN(C(=O)OC)C[C@@H]1c1ccc(N2CCNCC2)cc1. The van der Waals surface area contributed by atoms with Gasteiger partial charge in [0.2, 0.25) is 0 Å². The molecule has 0 spiro atoms. The molecule has 136 valence electrons. The average molecular weight is 347 g/mol. The summed E-state index contributed by atoms with van der Waals surface area (Å²) < 4.78 is 9.73. The fourth-order valence-corrected chi connectivity index (χ4v) is 3.67. The Bertz CT molecular complexity index is 613. The molecule has 0 bridgehead atoms. The van der Waals surface area contributed by atoms with Gasteiger partial charge in [-0.2, -0.15) is 0 Å². The summed E-state index contributed by atoms with van der Waals surface area (Å²) in [7, 11) is 2.73. The van der Waals surface area contributed by atoms with Gasteiger partial charge in [-0.1, -0.05) is 12.1 Å². The molecule has 2 atom stereocenters. The van der Waals surface area contributed by atoms with Crippen LogP contribution in [0.4, 0.5) is 10.5 Å². The number of benzene rings is 1. The highest BCUT2D eigenvalue weighted by molar-refractivity contribution is 5.77. The minimum absolute atomic E-state index is 0.0800. The summed E-state index contributed by atoms with van der Waals surface area (Å²) in [6, 6.07) is 8.29. The molecule has 0 saturated carbocycles. The molecule has 2 fully saturated rings. The van der Waals surface area contributed by atoms with Crippen LogP contribution in [0.15, 0.2) is 24.3 Å². The first-order valence-electron chi connectivity index (χ1n) is 8.60. The van der Waals surface area contributed by atoms with Gasteiger partial charge in [-0.15, -0.1) is 0 Å². The second kappa shape index (κ2) is 7.74. The van der Waals surface area contributed by atoms with E-state index in [4.69, 9.17) is 9.47 Å². The molecule has 0 radical (unpaired) electrons. The molecular formula is C18H25N3O4. The number of carbonyl (C=O) groups excluding carboxylic acids is 2. The molecule has 2 heterocycles. The Balaban J connectivity index is 1.77. The lowest BCUT2D eigenvalue weighted by molar-refractivity contribution is -0.145. The molecule has 3 rings (SSSR count). The van der Waals surface area contributed by atoms with Crippen molar-refractivity contribution in [2.24, 2.45) is 5.92 Å². The molecule has 0 unspecified atom stereocenters. The number of methoxy groups -OCH3 is 2. The molecule has 7 heteroatoms. The van der Waals surface area contributed by atoms with Crippen molar-refractivity contribution in [3.63, 3.8) is 0 Å². The monoisotopic (exact) mass is 347 g/mol. The summed E-state index contributed by atoms with van der Waals surface area (Å²) in [5, 5.41) is 3.34. The van der Waals surface area contributed by atoms with E-state index in [0.29, 0.717) is 13.1 Å². The smallest absolute Gasteiger partial charge is 0.409 e. The van der Waals surface area contributed by atoms with Crippen LogP contribution >= 0.6 is 0 Å². The van der Waals surface area contributed by atoms with Gasteiger partial charge in [-0.05, 0) is 17.7 Å². The van der Waals surface area contributed by atoms with E-state index in [1.807, 2.05) is 0 Å². The maximum atomic E-state index is 12.2. The first kappa shape index (κ1) is 17.5. The number of piperazine rings is 1. The van der Waals surface area contributed by atoms with Crippen LogP contribution in [0.1, 0.15) is 11.5 Å². The van der Waals surface area contributed by atoms with Crippen LogP contribution in [-0.4, -0.2) is 70.5 Å². The van der Waals surface area contributed by atoms with Crippen molar-refractivity contribution >= 4 is 17.7 Å². The van der Waals surface area contributed by atoms with E-state index in [2.05, 4.69) is 34.5 Å². The van der Waals surface area contributed by atoms with Crippen molar-refractivity contribution in [2.45, 2.75) is 5.92 Å². The molecule has 2 aliphatic rings. The summed E-state index contributed by atoms with van der Waals surface area (Å²) in [6.45, 7) is 4.74. The van der Waals surface area contributed by atoms with E-state index >= 15 is 0 Å². The fourth-order valence-electron chi connectivity index (χ4n) is 3.67. The Hall–Kier alpha value is -2.28. The number of esters is 1. The summed E-state index contributed by atoms with van der Waals surface area (Å²) in [5.41, 5.74) is 2.23. The number of hydrogen-bond donors (Lipinski definition) is 1. The number of anilines is 1. The lowest BCUT2D eigenvalue weighted by Crippen LogP contribution is -2.43. The predicted octanol–water partition coefficient (Wildman–Crippen LogP) is 1.05. The first-order chi connectivity index (χ1) is 12.1. The van der Waals surface area contributed by atoms with Crippen LogP contribution < -0.4 is 10.2 Å². The first-order valence-corrected chi connectivity index (χ1v) is 8.60. The summed E-state index contributed by atoms with van der Waals surface area (Å²) in [4.78, 5) is 27.9. The molecule has 1 aromatic carbocycles. The summed E-state index contributed by atoms with van der Waals surface area (Å²) in [5.74, 6) is -0.736. The summed E-state index contributed by atoms with van der Waals surface area (Å²) >= 11 is 0. The predicted molar refractivity (Wildman–Crippen MR) is 93.7 cm³/mol. The average Bonchev–Trinajstić information content (AvgIpc) is 3.13. The lowest BCUT2D eigenvalue weighted by Gasteiger charge is -2.29. The van der Waals surface area contributed by atoms with Crippen molar-refractivity contribution in [3.05, 3.63) is 29.8 Å². The number of nitrogens with zero attached hydrogens (tertiary/aromatic N) is 2. The molecule has 1 amide bonds. The van der Waals surface area contributed by atoms with Gasteiger partial charge < -0.3 is 24.6 Å². The van der Waals surface area contributed by atoms with E-state index in [0.717, 1.165) is 31.7 Å². The van der Waals surface area contributed by atoms with Gasteiger partial charge in [-0.25, -0.2) is 4.79 Å². The molecule has 2 aliphatic heterocycles. The van der Waals surface area contributed by atoms with Crippen molar-refractivity contribution in [2.75, 3.05) is 58.4 Å². The van der Waals surface area contributed by atoms with E-state index in [1.165, 1.54) is 19.9 Å². The molecule has 25 heavy (non-hydrogen) atoms. The highest BCUT2D eigenvalue weighted by Gasteiger charge is 2.41. The van der Waals surface area contributed by atoms with Gasteiger partial charge in [0.15, 0.2) is 0 Å². The number of hydrogen-bond acceptors (Lipinski definition) is 6. The molecule has 0 aliphatic carbocycles. The number of rotatable bonds is 3. The zero-order valence-electron chi connectivity index (χ0n) is 14.7. The van der Waals surface area contributed by atoms with E-state index in [1.54, 1.807) is 4.90 Å². The van der Waals surface area contributed by atoms with Crippen molar-refractivity contribution < 1.29 is 19.1 Å². The van der Waals surface area contributed by atoms with Crippen LogP contribution in [-0.2, 0) is 14.3 Å². The minimum Gasteiger partial charge on any atom is -0.469 e. The van der Waals surface area contributed by atoms with Crippen molar-refractivity contribution in [3.8, 4) is 0 Å². The Morgan fingerprint density at radius 1 is 1.04 bits per heavy atom. The third kappa shape index (κ3) is 3.71. The zero-order valence-corrected chi connectivity index (χ0v) is 14.7. The molecule has 7 nitrogen and oxygen atoms in total. The Kier molecular flexibility index (Phi) is 5.43. The van der Waals surface area contributed by atoms with E-state index in [-0.39, 0.29) is 17.8 Å². The van der Waals surface area contributed by atoms with Gasteiger partial charge in [-0.3, -0.25) is 4.79 Å². The molecule has 1 N–H and O–H groups in total. The number of ether oxygens (including phenoxy) is 2. The topological polar surface area (TPSA) is 71.1 Å². The minimum atomic E-state index is -0.408. The van der Waals surface area contributed by atoms with E-state index < -0.39 is 6.09 Å². The second-order valence-corrected chi connectivity index (χ2v) is 6.44. The van der Waals surface area contributed by atoms with Gasteiger partial charge in [0.1, 0.15) is 0 Å². The fraction of sp³-hybridized carbons (Fsp3) is 0.556. The van der Waals surface area contributed by atoms with Crippen LogP contribution in [0, 0.1) is 5.92 Å². The maximum absolute atomic E-state index is 12.2. The van der Waals surface area contributed by atoms with Crippen LogP contribution in [0.5, 0.6) is 0 Å². The lowest BCUT2D eigenvalue weighted by atomic mass is 9.89. The van der Waals surface area contributed by atoms with E-state index in [9.17, 15) is 9.59 Å². The third-order valence-electron chi connectivity index (χ3n) is 5.06. The highest BCUT2D eigenvalue weighted by atomic mass is 16.5. The van der Waals surface area contributed by atoms with Crippen LogP contribution in [0.3, 0.4) is 0 Å². The number of amides is 1. The molecular weight excluding hydrogens is 322 g/mol. The van der Waals surface area contributed by atoms with Crippen LogP contribution in [0.25, 0.3) is 0 Å². The number of nitrogens with one attached hydrogen (secondary N) is 1. The number of carbonyl (C=O) groups is 2. The second-order valence-electron chi connectivity index (χ2n) is 6.44. The third-order valence-corrected chi connectivity index (χ3v) is 5.06. The Morgan fingerprint density at radius 2 is 1.72 bits per heavy atom. The number of likely N-dealkylation sites (tertiary alicyclic amines) is 1. The summed E-state index contributed by atoms with van der Waals surface area (Å²) in [6.07, 6.45) is -0.408. The van der Waals surface area contributed by atoms with Crippen molar-refractivity contribution in [1.82, 2.24) is 10.2 Å². The van der Waals surface area contributed by atoms with Crippen molar-refractivity contribution in [1.29, 1.82) is 0 Å².